The highest BCUT2D eigenvalue weighted by Gasteiger charge is 2.16. The van der Waals surface area contributed by atoms with E-state index in [1.807, 2.05) is 0 Å². The average molecular weight is 166 g/mol. The van der Waals surface area contributed by atoms with Crippen LogP contribution in [0.25, 0.3) is 0 Å². The number of rotatable bonds is 2. The smallest absolute Gasteiger partial charge is 0.159 e. The van der Waals surface area contributed by atoms with Gasteiger partial charge in [-0.05, 0) is 5.67 Å². The van der Waals surface area contributed by atoms with Gasteiger partial charge in [0, 0.05) is 8.07 Å². The van der Waals surface area contributed by atoms with E-state index in [0.29, 0.717) is 0 Å². The molecule has 0 heterocycles. The Labute approximate surface area is 59.6 Å². The van der Waals surface area contributed by atoms with E-state index >= 15 is 0 Å². The molecule has 0 aliphatic carbocycles. The second kappa shape index (κ2) is 3.04. The third-order valence-corrected chi connectivity index (χ3v) is 8.17. The van der Waals surface area contributed by atoms with Gasteiger partial charge >= 0.3 is 0 Å². The van der Waals surface area contributed by atoms with Crippen molar-refractivity contribution < 1.29 is 0 Å². The molecule has 0 aliphatic heterocycles. The van der Waals surface area contributed by atoms with Crippen molar-refractivity contribution in [3.63, 3.8) is 0 Å². The van der Waals surface area contributed by atoms with Gasteiger partial charge in [0.1, 0.15) is 0 Å². The summed E-state index contributed by atoms with van der Waals surface area (Å²) >= 11 is 5.90. The molecule has 3 heteroatoms. The van der Waals surface area contributed by atoms with E-state index in [9.17, 15) is 0 Å². The lowest BCUT2D eigenvalue weighted by atomic mass is 11.7. The maximum atomic E-state index is 5.90. The zero-order valence-corrected chi connectivity index (χ0v) is 8.84. The Morgan fingerprint density at radius 2 is 1.75 bits per heavy atom. The van der Waals surface area contributed by atoms with Crippen LogP contribution < -0.4 is 0 Å². The normalized spacial score (nSPS) is 12.8. The first-order valence-corrected chi connectivity index (χ1v) is 9.82. The molecule has 0 bridgehead atoms. The molecule has 8 heavy (non-hydrogen) atoms. The van der Waals surface area contributed by atoms with Crippen LogP contribution in [0.5, 0.6) is 0 Å². The van der Waals surface area contributed by atoms with Gasteiger partial charge in [-0.25, -0.2) is 0 Å². The van der Waals surface area contributed by atoms with Crippen LogP contribution in [-0.2, 0) is 0 Å². The Kier molecular flexibility index (Phi) is 3.31. The maximum absolute atomic E-state index is 5.90. The van der Waals surface area contributed by atoms with Crippen molar-refractivity contribution in [1.82, 2.24) is 0 Å². The SMILES string of the molecule is C[Si](Cl)C[Si](C)(C)C. The van der Waals surface area contributed by atoms with Gasteiger partial charge in [-0.3, -0.25) is 0 Å². The first kappa shape index (κ1) is 8.72. The van der Waals surface area contributed by atoms with Crippen molar-refractivity contribution in [2.75, 3.05) is 0 Å². The summed E-state index contributed by atoms with van der Waals surface area (Å²) < 4.78 is 0. The molecule has 49 valence electrons. The summed E-state index contributed by atoms with van der Waals surface area (Å²) in [5.74, 6) is 0. The standard InChI is InChI=1S/C5H14ClSi2/c1-7(6)5-8(2,3)4/h5H2,1-4H3. The highest BCUT2D eigenvalue weighted by atomic mass is 35.6. The van der Waals surface area contributed by atoms with E-state index in [2.05, 4.69) is 26.2 Å². The molecule has 0 fully saturated rings. The first-order chi connectivity index (χ1) is 3.42. The van der Waals surface area contributed by atoms with Crippen LogP contribution in [0.3, 0.4) is 0 Å². The Hall–Kier alpha value is 0.724. The Morgan fingerprint density at radius 1 is 1.38 bits per heavy atom. The molecule has 0 saturated heterocycles. The fourth-order valence-electron chi connectivity index (χ4n) is 0.731. The van der Waals surface area contributed by atoms with Crippen LogP contribution in [-0.4, -0.2) is 16.2 Å². The van der Waals surface area contributed by atoms with Crippen LogP contribution in [0.15, 0.2) is 0 Å². The largest absolute Gasteiger partial charge is 0.170 e. The fraction of sp³-hybridized carbons (Fsp3) is 1.00. The van der Waals surface area contributed by atoms with Crippen molar-refractivity contribution in [2.24, 2.45) is 0 Å². The second-order valence-electron chi connectivity index (χ2n) is 3.41. The zero-order valence-electron chi connectivity index (χ0n) is 6.09. The molecule has 0 atom stereocenters. The highest BCUT2D eigenvalue weighted by molar-refractivity contribution is 7.12. The van der Waals surface area contributed by atoms with E-state index in [0.717, 1.165) is 0 Å². The molecule has 0 unspecified atom stereocenters. The number of hydrogen-bond donors (Lipinski definition) is 0. The van der Waals surface area contributed by atoms with Crippen LogP contribution in [0.2, 0.25) is 31.9 Å². The van der Waals surface area contributed by atoms with E-state index in [-0.39, 0.29) is 0 Å². The van der Waals surface area contributed by atoms with Gasteiger partial charge in [-0.15, -0.1) is 0 Å². The summed E-state index contributed by atoms with van der Waals surface area (Å²) in [4.78, 5) is 0. The molecule has 0 aromatic rings. The minimum Gasteiger partial charge on any atom is -0.170 e. The molecule has 1 radical (unpaired) electrons. The predicted molar refractivity (Wildman–Crippen MR) is 45.6 cm³/mol. The Bertz CT molecular complexity index is 65.3. The maximum Gasteiger partial charge on any atom is 0.159 e. The molecule has 0 rings (SSSR count). The summed E-state index contributed by atoms with van der Waals surface area (Å²) in [7, 11) is -1.27. The van der Waals surface area contributed by atoms with Gasteiger partial charge in [0.15, 0.2) is 8.11 Å². The summed E-state index contributed by atoms with van der Waals surface area (Å²) in [5, 5.41) is 0. The molecular weight excluding hydrogens is 152 g/mol. The van der Waals surface area contributed by atoms with Crippen molar-refractivity contribution >= 4 is 27.3 Å². The predicted octanol–water partition coefficient (Wildman–Crippen LogP) is 2.72. The fourth-order valence-corrected chi connectivity index (χ4v) is 10.2. The van der Waals surface area contributed by atoms with E-state index in [1.165, 1.54) is 5.67 Å². The lowest BCUT2D eigenvalue weighted by Gasteiger charge is -2.15. The number of hydrogen-bond acceptors (Lipinski definition) is 0. The molecule has 0 aromatic carbocycles. The summed E-state index contributed by atoms with van der Waals surface area (Å²) in [5.41, 5.74) is 1.33. The van der Waals surface area contributed by atoms with Crippen molar-refractivity contribution in [1.29, 1.82) is 0 Å². The van der Waals surface area contributed by atoms with Gasteiger partial charge in [0.2, 0.25) is 0 Å². The minimum atomic E-state index is -0.807. The molecule has 0 N–H and O–H groups in total. The van der Waals surface area contributed by atoms with Gasteiger partial charge < -0.3 is 0 Å². The zero-order chi connectivity index (χ0) is 6.78. The topological polar surface area (TPSA) is 0 Å². The second-order valence-corrected chi connectivity index (χ2v) is 13.2. The summed E-state index contributed by atoms with van der Waals surface area (Å²) in [6.45, 7) is 9.26. The van der Waals surface area contributed by atoms with Crippen LogP contribution in [0.4, 0.5) is 0 Å². The van der Waals surface area contributed by atoms with E-state index < -0.39 is 16.2 Å². The van der Waals surface area contributed by atoms with Crippen molar-refractivity contribution in [3.05, 3.63) is 0 Å². The Balaban J connectivity index is 3.39. The monoisotopic (exact) mass is 165 g/mol. The van der Waals surface area contributed by atoms with Gasteiger partial charge in [-0.1, -0.05) is 26.2 Å². The lowest BCUT2D eigenvalue weighted by molar-refractivity contribution is 1.62. The van der Waals surface area contributed by atoms with Gasteiger partial charge in [0.05, 0.1) is 0 Å². The average Bonchev–Trinajstić information content (AvgIpc) is 1.21. The summed E-state index contributed by atoms with van der Waals surface area (Å²) in [6.07, 6.45) is 0. The quantitative estimate of drug-likeness (QED) is 0.436. The highest BCUT2D eigenvalue weighted by Crippen LogP contribution is 2.11. The lowest BCUT2D eigenvalue weighted by Crippen LogP contribution is -2.24. The molecule has 0 nitrogen and oxygen atoms in total. The third-order valence-electron chi connectivity index (χ3n) is 0.774. The molecule has 0 aromatic heterocycles. The molecule has 0 aliphatic rings. The molecule has 0 amide bonds. The molecular formula is C5H14ClSi2. The Morgan fingerprint density at radius 3 is 1.75 bits per heavy atom. The van der Waals surface area contributed by atoms with E-state index in [4.69, 9.17) is 11.1 Å². The van der Waals surface area contributed by atoms with Gasteiger partial charge in [-0.2, -0.15) is 11.1 Å². The van der Waals surface area contributed by atoms with Crippen molar-refractivity contribution in [3.8, 4) is 0 Å². The summed E-state index contributed by atoms with van der Waals surface area (Å²) in [6, 6.07) is 0. The minimum absolute atomic E-state index is 0.458. The van der Waals surface area contributed by atoms with Crippen molar-refractivity contribution in [2.45, 2.75) is 31.9 Å². The molecule has 0 saturated carbocycles. The van der Waals surface area contributed by atoms with E-state index in [1.54, 1.807) is 0 Å². The third kappa shape index (κ3) is 6.72. The van der Waals surface area contributed by atoms with Crippen LogP contribution >= 0.6 is 11.1 Å². The van der Waals surface area contributed by atoms with Gasteiger partial charge in [0.25, 0.3) is 0 Å². The van der Waals surface area contributed by atoms with Crippen LogP contribution in [0, 0.1) is 0 Å². The van der Waals surface area contributed by atoms with Crippen LogP contribution in [0.1, 0.15) is 0 Å². The number of halogens is 1. The first-order valence-electron chi connectivity index (χ1n) is 2.90. The molecule has 0 spiro atoms.